The lowest BCUT2D eigenvalue weighted by molar-refractivity contribution is 0.0607. The Hall–Kier alpha value is -1.80. The molecule has 1 aromatic heterocycles. The zero-order valence-corrected chi connectivity index (χ0v) is 12.5. The Kier molecular flexibility index (Phi) is 4.69. The highest BCUT2D eigenvalue weighted by atomic mass is 32.1. The highest BCUT2D eigenvalue weighted by Gasteiger charge is 2.27. The number of primary amides is 1. The number of ether oxygens (including phenoxy) is 1. The molecule has 1 saturated carbocycles. The van der Waals surface area contributed by atoms with Crippen LogP contribution in [0.3, 0.4) is 0 Å². The number of nitrogens with two attached hydrogens (primary N) is 2. The van der Waals surface area contributed by atoms with Gasteiger partial charge in [-0.25, -0.2) is 4.79 Å². The van der Waals surface area contributed by atoms with Gasteiger partial charge in [-0.05, 0) is 25.7 Å². The smallest absolute Gasteiger partial charge is 0.350 e. The molecular formula is C13H19N3O4S. The molecule has 0 unspecified atom stereocenters. The second kappa shape index (κ2) is 6.31. The van der Waals surface area contributed by atoms with Crippen LogP contribution in [0.5, 0.6) is 0 Å². The average molecular weight is 313 g/mol. The van der Waals surface area contributed by atoms with Crippen LogP contribution < -0.4 is 16.8 Å². The Bertz CT molecular complexity index is 550. The second-order valence-electron chi connectivity index (χ2n) is 5.05. The third kappa shape index (κ3) is 3.27. The summed E-state index contributed by atoms with van der Waals surface area (Å²) in [5, 5.41) is 13.2. The molecule has 0 atom stereocenters. The molecule has 1 amide bonds. The molecule has 1 aromatic rings. The Morgan fingerprint density at radius 1 is 1.33 bits per heavy atom. The Labute approximate surface area is 126 Å². The first-order valence-corrected chi connectivity index (χ1v) is 7.50. The predicted molar refractivity (Wildman–Crippen MR) is 80.5 cm³/mol. The van der Waals surface area contributed by atoms with Crippen LogP contribution in [0.1, 0.15) is 45.7 Å². The summed E-state index contributed by atoms with van der Waals surface area (Å²) in [6.45, 7) is 0. The monoisotopic (exact) mass is 313 g/mol. The minimum Gasteiger partial charge on any atom is -0.465 e. The van der Waals surface area contributed by atoms with Crippen LogP contribution in [0.2, 0.25) is 0 Å². The normalized spacial score (nSPS) is 21.8. The molecule has 116 valence electrons. The van der Waals surface area contributed by atoms with Gasteiger partial charge in [0, 0.05) is 6.04 Å². The number of hydrogen-bond donors (Lipinski definition) is 4. The van der Waals surface area contributed by atoms with E-state index in [0.717, 1.165) is 24.2 Å². The number of rotatable bonds is 4. The molecule has 0 saturated heterocycles. The van der Waals surface area contributed by atoms with Crippen molar-refractivity contribution in [2.75, 3.05) is 18.2 Å². The van der Waals surface area contributed by atoms with Crippen molar-refractivity contribution in [2.45, 2.75) is 37.8 Å². The summed E-state index contributed by atoms with van der Waals surface area (Å²) in [6.07, 6.45) is 2.70. The number of nitrogens with one attached hydrogen (secondary N) is 1. The minimum atomic E-state index is -0.683. The number of esters is 1. The Morgan fingerprint density at radius 2 is 1.95 bits per heavy atom. The van der Waals surface area contributed by atoms with E-state index in [0.29, 0.717) is 17.8 Å². The maximum Gasteiger partial charge on any atom is 0.350 e. The molecule has 8 heteroatoms. The van der Waals surface area contributed by atoms with Gasteiger partial charge in [0.1, 0.15) is 9.88 Å². The molecule has 1 heterocycles. The minimum absolute atomic E-state index is 0.0534. The quantitative estimate of drug-likeness (QED) is 0.612. The molecule has 21 heavy (non-hydrogen) atoms. The average Bonchev–Trinajstić information content (AvgIpc) is 2.77. The number of nitrogen functional groups attached to an aromatic ring is 1. The zero-order chi connectivity index (χ0) is 15.6. The van der Waals surface area contributed by atoms with Crippen molar-refractivity contribution >= 4 is 33.9 Å². The van der Waals surface area contributed by atoms with E-state index < -0.39 is 11.9 Å². The summed E-state index contributed by atoms with van der Waals surface area (Å²) in [5.41, 5.74) is 11.4. The van der Waals surface area contributed by atoms with Crippen LogP contribution in [-0.4, -0.2) is 36.2 Å². The highest BCUT2D eigenvalue weighted by molar-refractivity contribution is 7.19. The van der Waals surface area contributed by atoms with E-state index in [1.165, 1.54) is 7.11 Å². The summed E-state index contributed by atoms with van der Waals surface area (Å²) in [7, 11) is 1.25. The lowest BCUT2D eigenvalue weighted by atomic mass is 9.93. The molecule has 1 aliphatic rings. The number of methoxy groups -OCH3 is 1. The summed E-state index contributed by atoms with van der Waals surface area (Å²) < 4.78 is 4.65. The van der Waals surface area contributed by atoms with E-state index >= 15 is 0 Å². The van der Waals surface area contributed by atoms with Gasteiger partial charge >= 0.3 is 5.97 Å². The lowest BCUT2D eigenvalue weighted by Gasteiger charge is -2.26. The summed E-state index contributed by atoms with van der Waals surface area (Å²) in [6, 6.07) is 0.120. The number of aliphatic hydroxyl groups is 1. The molecule has 6 N–H and O–H groups in total. The van der Waals surface area contributed by atoms with Gasteiger partial charge in [0.25, 0.3) is 5.91 Å². The van der Waals surface area contributed by atoms with Gasteiger partial charge in [0.05, 0.1) is 24.5 Å². The first-order valence-electron chi connectivity index (χ1n) is 6.69. The number of thiophene rings is 1. The molecule has 0 radical (unpaired) electrons. The fraction of sp³-hybridized carbons (Fsp3) is 0.538. The molecule has 7 nitrogen and oxygen atoms in total. The molecule has 0 spiro atoms. The third-order valence-corrected chi connectivity index (χ3v) is 4.71. The van der Waals surface area contributed by atoms with Gasteiger partial charge in [-0.15, -0.1) is 11.3 Å². The van der Waals surface area contributed by atoms with Gasteiger partial charge in [-0.2, -0.15) is 0 Å². The summed E-state index contributed by atoms with van der Waals surface area (Å²) in [4.78, 5) is 23.4. The number of aliphatic hydroxyl groups excluding tert-OH is 1. The molecule has 0 bridgehead atoms. The lowest BCUT2D eigenvalue weighted by Crippen LogP contribution is -2.28. The van der Waals surface area contributed by atoms with E-state index in [4.69, 9.17) is 11.5 Å². The predicted octanol–water partition coefficient (Wildman–Crippen LogP) is 0.931. The van der Waals surface area contributed by atoms with Crippen molar-refractivity contribution in [3.05, 3.63) is 10.4 Å². The van der Waals surface area contributed by atoms with Crippen molar-refractivity contribution in [3.8, 4) is 0 Å². The van der Waals surface area contributed by atoms with E-state index in [2.05, 4.69) is 10.1 Å². The van der Waals surface area contributed by atoms with E-state index in [9.17, 15) is 14.7 Å². The first-order chi connectivity index (χ1) is 9.93. The van der Waals surface area contributed by atoms with Crippen LogP contribution in [0.4, 0.5) is 10.7 Å². The fourth-order valence-electron chi connectivity index (χ4n) is 2.44. The van der Waals surface area contributed by atoms with E-state index in [1.807, 2.05) is 0 Å². The highest BCUT2D eigenvalue weighted by Crippen LogP contribution is 2.37. The van der Waals surface area contributed by atoms with Crippen LogP contribution in [0.25, 0.3) is 0 Å². The van der Waals surface area contributed by atoms with Crippen molar-refractivity contribution < 1.29 is 19.4 Å². The van der Waals surface area contributed by atoms with Crippen LogP contribution in [-0.2, 0) is 4.74 Å². The number of carbonyl (C=O) groups is 2. The summed E-state index contributed by atoms with van der Waals surface area (Å²) in [5.74, 6) is -1.27. The van der Waals surface area contributed by atoms with Crippen LogP contribution in [0, 0.1) is 0 Å². The maximum absolute atomic E-state index is 11.7. The Morgan fingerprint density at radius 3 is 2.48 bits per heavy atom. The number of amides is 1. The second-order valence-corrected chi connectivity index (χ2v) is 6.08. The van der Waals surface area contributed by atoms with Gasteiger partial charge in [0.2, 0.25) is 0 Å². The fourth-order valence-corrected chi connectivity index (χ4v) is 3.56. The standard InChI is InChI=1S/C13H19N3O4S/c1-20-13(19)10-9(14)8(11(15)18)12(21-10)16-6-2-4-7(17)5-3-6/h6-7,16-17H,2-5,14H2,1H3,(H2,15,18). The van der Waals surface area contributed by atoms with Gasteiger partial charge < -0.3 is 26.6 Å². The van der Waals surface area contributed by atoms with E-state index in [1.54, 1.807) is 0 Å². The van der Waals surface area contributed by atoms with Gasteiger partial charge in [-0.3, -0.25) is 4.79 Å². The Balaban J connectivity index is 2.25. The van der Waals surface area contributed by atoms with E-state index in [-0.39, 0.29) is 28.3 Å². The molecule has 1 aliphatic carbocycles. The van der Waals surface area contributed by atoms with Gasteiger partial charge in [0.15, 0.2) is 0 Å². The van der Waals surface area contributed by atoms with Gasteiger partial charge in [-0.1, -0.05) is 0 Å². The van der Waals surface area contributed by atoms with Crippen LogP contribution in [0.15, 0.2) is 0 Å². The van der Waals surface area contributed by atoms with Crippen LogP contribution >= 0.6 is 11.3 Å². The maximum atomic E-state index is 11.7. The first kappa shape index (κ1) is 15.6. The third-order valence-electron chi connectivity index (χ3n) is 3.59. The van der Waals surface area contributed by atoms with Crippen molar-refractivity contribution in [1.82, 2.24) is 0 Å². The number of carbonyl (C=O) groups excluding carboxylic acids is 2. The largest absolute Gasteiger partial charge is 0.465 e. The van der Waals surface area contributed by atoms with Crippen molar-refractivity contribution in [2.24, 2.45) is 5.73 Å². The molecular weight excluding hydrogens is 294 g/mol. The summed E-state index contributed by atoms with van der Waals surface area (Å²) >= 11 is 1.07. The molecule has 0 aromatic carbocycles. The molecule has 0 aliphatic heterocycles. The molecule has 1 fully saturated rings. The topological polar surface area (TPSA) is 128 Å². The molecule has 2 rings (SSSR count). The van der Waals surface area contributed by atoms with Crippen molar-refractivity contribution in [1.29, 1.82) is 0 Å². The zero-order valence-electron chi connectivity index (χ0n) is 11.7. The number of hydrogen-bond acceptors (Lipinski definition) is 7. The SMILES string of the molecule is COC(=O)c1sc(NC2CCC(O)CC2)c(C(N)=O)c1N. The number of anilines is 2. The van der Waals surface area contributed by atoms with Crippen molar-refractivity contribution in [3.63, 3.8) is 0 Å².